The summed E-state index contributed by atoms with van der Waals surface area (Å²) in [6, 6.07) is 5.73. The quantitative estimate of drug-likeness (QED) is 0.848. The topological polar surface area (TPSA) is 21.3 Å². The molecule has 116 valence electrons. The monoisotopic (exact) mass is 299 g/mol. The van der Waals surface area contributed by atoms with E-state index in [4.69, 9.17) is 4.74 Å². The molecule has 1 aliphatic carbocycles. The van der Waals surface area contributed by atoms with E-state index in [-0.39, 0.29) is 11.0 Å². The summed E-state index contributed by atoms with van der Waals surface area (Å²) in [6.45, 7) is 1.84. The highest BCUT2D eigenvalue weighted by Crippen LogP contribution is 2.41. The number of hydrogen-bond donors (Lipinski definition) is 1. The molecule has 2 fully saturated rings. The van der Waals surface area contributed by atoms with E-state index in [9.17, 15) is 13.2 Å². The van der Waals surface area contributed by atoms with E-state index in [1.807, 2.05) is 0 Å². The van der Waals surface area contributed by atoms with Gasteiger partial charge in [-0.05, 0) is 24.5 Å². The number of rotatable bonds is 1. The van der Waals surface area contributed by atoms with Crippen LogP contribution >= 0.6 is 0 Å². The van der Waals surface area contributed by atoms with Gasteiger partial charge in [-0.3, -0.25) is 0 Å². The Kier molecular flexibility index (Phi) is 3.97. The van der Waals surface area contributed by atoms with Crippen LogP contribution in [0.1, 0.15) is 42.9 Å². The summed E-state index contributed by atoms with van der Waals surface area (Å²) < 4.78 is 45.3. The van der Waals surface area contributed by atoms with Crippen LogP contribution in [0, 0.1) is 5.41 Å². The Hall–Kier alpha value is -1.07. The Morgan fingerprint density at radius 1 is 1.14 bits per heavy atom. The summed E-state index contributed by atoms with van der Waals surface area (Å²) >= 11 is 0. The number of nitrogens with one attached hydrogen (secondary N) is 1. The first kappa shape index (κ1) is 14.9. The predicted molar refractivity (Wildman–Crippen MR) is 73.9 cm³/mol. The minimum atomic E-state index is -4.34. The van der Waals surface area contributed by atoms with Gasteiger partial charge >= 0.3 is 6.18 Å². The van der Waals surface area contributed by atoms with Gasteiger partial charge in [-0.25, -0.2) is 0 Å². The fourth-order valence-corrected chi connectivity index (χ4v) is 3.54. The van der Waals surface area contributed by atoms with Crippen LogP contribution < -0.4 is 5.32 Å². The smallest absolute Gasteiger partial charge is 0.372 e. The van der Waals surface area contributed by atoms with Crippen molar-refractivity contribution in [2.45, 2.75) is 38.0 Å². The van der Waals surface area contributed by atoms with Crippen molar-refractivity contribution >= 4 is 0 Å². The van der Waals surface area contributed by atoms with Gasteiger partial charge in [0.2, 0.25) is 0 Å². The summed E-state index contributed by atoms with van der Waals surface area (Å²) in [6.07, 6.45) is -0.273. The van der Waals surface area contributed by atoms with E-state index in [1.165, 1.54) is 25.0 Å². The molecule has 1 unspecified atom stereocenters. The standard InChI is InChI=1S/C16H20F3NO/c17-16(18,19)13-6-2-1-5-12(13)14-9-20-10-15(11-21-14)7-3-4-8-15/h1-2,5-6,14,20H,3-4,7-11H2. The van der Waals surface area contributed by atoms with Crippen LogP contribution in [0.4, 0.5) is 13.2 Å². The molecule has 1 aliphatic heterocycles. The molecule has 1 heterocycles. The predicted octanol–water partition coefficient (Wildman–Crippen LogP) is 3.93. The molecule has 1 saturated carbocycles. The third-order valence-corrected chi connectivity index (χ3v) is 4.70. The van der Waals surface area contributed by atoms with Gasteiger partial charge in [-0.1, -0.05) is 31.0 Å². The molecular weight excluding hydrogens is 279 g/mol. The second-order valence-electron chi connectivity index (χ2n) is 6.22. The van der Waals surface area contributed by atoms with Crippen LogP contribution in [0.2, 0.25) is 0 Å². The number of halogens is 3. The van der Waals surface area contributed by atoms with Crippen molar-refractivity contribution in [3.05, 3.63) is 35.4 Å². The van der Waals surface area contributed by atoms with E-state index in [1.54, 1.807) is 6.07 Å². The number of benzene rings is 1. The summed E-state index contributed by atoms with van der Waals surface area (Å²) in [5.41, 5.74) is -0.214. The van der Waals surface area contributed by atoms with Gasteiger partial charge < -0.3 is 10.1 Å². The first-order chi connectivity index (χ1) is 10.0. The molecular formula is C16H20F3NO. The van der Waals surface area contributed by atoms with E-state index in [0.29, 0.717) is 13.2 Å². The lowest BCUT2D eigenvalue weighted by Crippen LogP contribution is -2.32. The van der Waals surface area contributed by atoms with Crippen molar-refractivity contribution < 1.29 is 17.9 Å². The highest BCUT2D eigenvalue weighted by atomic mass is 19.4. The highest BCUT2D eigenvalue weighted by Gasteiger charge is 2.39. The van der Waals surface area contributed by atoms with E-state index in [2.05, 4.69) is 5.32 Å². The molecule has 0 bridgehead atoms. The first-order valence-corrected chi connectivity index (χ1v) is 7.49. The van der Waals surface area contributed by atoms with Crippen LogP contribution in [0.3, 0.4) is 0 Å². The summed E-state index contributed by atoms with van der Waals surface area (Å²) in [4.78, 5) is 0. The lowest BCUT2D eigenvalue weighted by Gasteiger charge is -2.26. The molecule has 1 saturated heterocycles. The largest absolute Gasteiger partial charge is 0.416 e. The van der Waals surface area contributed by atoms with Crippen molar-refractivity contribution in [2.75, 3.05) is 19.7 Å². The molecule has 1 aromatic carbocycles. The van der Waals surface area contributed by atoms with Crippen molar-refractivity contribution in [3.8, 4) is 0 Å². The normalized spacial score (nSPS) is 26.0. The molecule has 3 rings (SSSR count). The van der Waals surface area contributed by atoms with Crippen molar-refractivity contribution in [1.29, 1.82) is 0 Å². The second kappa shape index (κ2) is 5.61. The zero-order valence-electron chi connectivity index (χ0n) is 11.9. The molecule has 0 aromatic heterocycles. The van der Waals surface area contributed by atoms with Crippen LogP contribution in [0.25, 0.3) is 0 Å². The SMILES string of the molecule is FC(F)(F)c1ccccc1C1CNCC2(CCCC2)CO1. The molecule has 1 spiro atoms. The maximum Gasteiger partial charge on any atom is 0.416 e. The maximum atomic E-state index is 13.1. The van der Waals surface area contributed by atoms with Crippen LogP contribution in [0.15, 0.2) is 24.3 Å². The Labute approximate surface area is 122 Å². The Morgan fingerprint density at radius 2 is 1.86 bits per heavy atom. The lowest BCUT2D eigenvalue weighted by molar-refractivity contribution is -0.139. The lowest BCUT2D eigenvalue weighted by atomic mass is 9.87. The molecule has 0 amide bonds. The molecule has 21 heavy (non-hydrogen) atoms. The van der Waals surface area contributed by atoms with Gasteiger partial charge in [0.05, 0.1) is 18.3 Å². The van der Waals surface area contributed by atoms with Crippen LogP contribution in [-0.4, -0.2) is 19.7 Å². The maximum absolute atomic E-state index is 13.1. The van der Waals surface area contributed by atoms with Crippen molar-refractivity contribution in [3.63, 3.8) is 0 Å². The molecule has 2 aliphatic rings. The van der Waals surface area contributed by atoms with Gasteiger partial charge in [0, 0.05) is 18.5 Å². The molecule has 1 N–H and O–H groups in total. The van der Waals surface area contributed by atoms with E-state index >= 15 is 0 Å². The Morgan fingerprint density at radius 3 is 2.57 bits per heavy atom. The van der Waals surface area contributed by atoms with Crippen LogP contribution in [-0.2, 0) is 10.9 Å². The number of ether oxygens (including phenoxy) is 1. The fourth-order valence-electron chi connectivity index (χ4n) is 3.54. The molecule has 2 nitrogen and oxygen atoms in total. The summed E-state index contributed by atoms with van der Waals surface area (Å²) in [7, 11) is 0. The Balaban J connectivity index is 1.82. The Bertz CT molecular complexity index is 495. The van der Waals surface area contributed by atoms with Gasteiger partial charge in [0.1, 0.15) is 0 Å². The average molecular weight is 299 g/mol. The zero-order valence-corrected chi connectivity index (χ0v) is 11.9. The van der Waals surface area contributed by atoms with Gasteiger partial charge in [-0.2, -0.15) is 13.2 Å². The number of hydrogen-bond acceptors (Lipinski definition) is 2. The third-order valence-electron chi connectivity index (χ3n) is 4.70. The van der Waals surface area contributed by atoms with Gasteiger partial charge in [0.25, 0.3) is 0 Å². The highest BCUT2D eigenvalue weighted by molar-refractivity contribution is 5.32. The molecule has 0 radical (unpaired) electrons. The molecule has 1 aromatic rings. The summed E-state index contributed by atoms with van der Waals surface area (Å²) in [5.74, 6) is 0. The van der Waals surface area contributed by atoms with Gasteiger partial charge in [0.15, 0.2) is 0 Å². The summed E-state index contributed by atoms with van der Waals surface area (Å²) in [5, 5.41) is 3.31. The van der Waals surface area contributed by atoms with E-state index in [0.717, 1.165) is 25.5 Å². The zero-order chi connectivity index (χ0) is 14.9. The fraction of sp³-hybridized carbons (Fsp3) is 0.625. The van der Waals surface area contributed by atoms with Crippen molar-refractivity contribution in [1.82, 2.24) is 5.32 Å². The van der Waals surface area contributed by atoms with Crippen molar-refractivity contribution in [2.24, 2.45) is 5.41 Å². The van der Waals surface area contributed by atoms with Crippen LogP contribution in [0.5, 0.6) is 0 Å². The minimum absolute atomic E-state index is 0.127. The third kappa shape index (κ3) is 3.09. The molecule has 5 heteroatoms. The first-order valence-electron chi connectivity index (χ1n) is 7.49. The van der Waals surface area contributed by atoms with Gasteiger partial charge in [-0.15, -0.1) is 0 Å². The second-order valence-corrected chi connectivity index (χ2v) is 6.22. The minimum Gasteiger partial charge on any atom is -0.372 e. The number of alkyl halides is 3. The average Bonchev–Trinajstić information content (AvgIpc) is 2.80. The molecule has 1 atom stereocenters. The van der Waals surface area contributed by atoms with E-state index < -0.39 is 17.8 Å².